The summed E-state index contributed by atoms with van der Waals surface area (Å²) >= 11 is 0. The first-order valence-electron chi connectivity index (χ1n) is 7.72. The summed E-state index contributed by atoms with van der Waals surface area (Å²) in [5.41, 5.74) is 9.41. The highest BCUT2D eigenvalue weighted by atomic mass is 15.1. The highest BCUT2D eigenvalue weighted by Crippen LogP contribution is 2.28. The smallest absolute Gasteiger partial charge is 0.0236 e. The van der Waals surface area contributed by atoms with Crippen molar-refractivity contribution < 1.29 is 0 Å². The summed E-state index contributed by atoms with van der Waals surface area (Å²) in [5.74, 6) is 0. The topological polar surface area (TPSA) is 29.3 Å². The first-order valence-corrected chi connectivity index (χ1v) is 7.72. The first-order chi connectivity index (χ1) is 9.23. The van der Waals surface area contributed by atoms with Crippen LogP contribution in [0.5, 0.6) is 0 Å². The zero-order valence-electron chi connectivity index (χ0n) is 12.5. The van der Waals surface area contributed by atoms with Crippen molar-refractivity contribution in [2.75, 3.05) is 19.6 Å². The van der Waals surface area contributed by atoms with Gasteiger partial charge in [0.25, 0.3) is 0 Å². The molecule has 1 aliphatic heterocycles. The fraction of sp³-hybridized carbons (Fsp3) is 0.647. The van der Waals surface area contributed by atoms with Gasteiger partial charge in [-0.2, -0.15) is 0 Å². The number of hydrogen-bond acceptors (Lipinski definition) is 2. The third-order valence-electron chi connectivity index (χ3n) is 4.92. The van der Waals surface area contributed by atoms with E-state index in [1.54, 1.807) is 0 Å². The van der Waals surface area contributed by atoms with Crippen molar-refractivity contribution in [3.8, 4) is 0 Å². The van der Waals surface area contributed by atoms with Crippen molar-refractivity contribution in [1.29, 1.82) is 0 Å². The molecular formula is C17H28N2. The number of benzene rings is 1. The third-order valence-corrected chi connectivity index (χ3v) is 4.92. The molecule has 0 aliphatic carbocycles. The maximum Gasteiger partial charge on any atom is 0.0236 e. The number of hydrogen-bond donors (Lipinski definition) is 1. The second-order valence-corrected chi connectivity index (χ2v) is 5.99. The quantitative estimate of drug-likeness (QED) is 0.881. The lowest BCUT2D eigenvalue weighted by Gasteiger charge is -2.36. The van der Waals surface area contributed by atoms with Gasteiger partial charge in [-0.1, -0.05) is 38.1 Å². The molecule has 0 radical (unpaired) electrons. The van der Waals surface area contributed by atoms with Crippen LogP contribution in [0.1, 0.15) is 44.2 Å². The van der Waals surface area contributed by atoms with Crippen molar-refractivity contribution in [2.24, 2.45) is 11.1 Å². The van der Waals surface area contributed by atoms with E-state index in [4.69, 9.17) is 5.73 Å². The zero-order valence-corrected chi connectivity index (χ0v) is 12.5. The summed E-state index contributed by atoms with van der Waals surface area (Å²) in [4.78, 5) is 2.62. The fourth-order valence-electron chi connectivity index (χ4n) is 3.20. The van der Waals surface area contributed by atoms with E-state index in [1.807, 2.05) is 0 Å². The molecule has 1 aromatic carbocycles. The molecule has 0 amide bonds. The van der Waals surface area contributed by atoms with E-state index in [-0.39, 0.29) is 0 Å². The van der Waals surface area contributed by atoms with E-state index >= 15 is 0 Å². The molecule has 2 heteroatoms. The average Bonchev–Trinajstić information content (AvgIpc) is 2.66. The molecule has 0 unspecified atom stereocenters. The Hall–Kier alpha value is -0.860. The van der Waals surface area contributed by atoms with Gasteiger partial charge in [-0.25, -0.2) is 0 Å². The molecule has 0 bridgehead atoms. The van der Waals surface area contributed by atoms with E-state index in [1.165, 1.54) is 43.4 Å². The standard InChI is InChI=1S/C17H28N2/c1-3-17(4-2,13-18)14-19-11-7-10-15-8-5-6-9-16(15)12-19/h5-6,8-9H,3-4,7,10-14,18H2,1-2H3. The summed E-state index contributed by atoms with van der Waals surface area (Å²) in [7, 11) is 0. The van der Waals surface area contributed by atoms with Crippen LogP contribution in [-0.2, 0) is 13.0 Å². The van der Waals surface area contributed by atoms with Crippen molar-refractivity contribution in [1.82, 2.24) is 4.90 Å². The molecule has 2 rings (SSSR count). The molecule has 106 valence electrons. The van der Waals surface area contributed by atoms with Gasteiger partial charge in [-0.3, -0.25) is 4.90 Å². The van der Waals surface area contributed by atoms with Gasteiger partial charge >= 0.3 is 0 Å². The molecule has 0 saturated heterocycles. The van der Waals surface area contributed by atoms with Crippen LogP contribution in [0.2, 0.25) is 0 Å². The SMILES string of the molecule is CCC(CC)(CN)CN1CCCc2ccccc2C1. The molecule has 19 heavy (non-hydrogen) atoms. The second-order valence-electron chi connectivity index (χ2n) is 5.99. The van der Waals surface area contributed by atoms with Crippen molar-refractivity contribution in [2.45, 2.75) is 46.1 Å². The summed E-state index contributed by atoms with van der Waals surface area (Å²) < 4.78 is 0. The highest BCUT2D eigenvalue weighted by Gasteiger charge is 2.28. The minimum atomic E-state index is 0.305. The van der Waals surface area contributed by atoms with Crippen LogP contribution >= 0.6 is 0 Å². The Balaban J connectivity index is 2.10. The number of fused-ring (bicyclic) bond motifs is 1. The monoisotopic (exact) mass is 260 g/mol. The van der Waals surface area contributed by atoms with E-state index in [9.17, 15) is 0 Å². The van der Waals surface area contributed by atoms with E-state index in [0.29, 0.717) is 5.41 Å². The molecule has 1 heterocycles. The lowest BCUT2D eigenvalue weighted by atomic mass is 9.82. The maximum absolute atomic E-state index is 6.05. The molecule has 0 fully saturated rings. The number of aryl methyl sites for hydroxylation is 1. The van der Waals surface area contributed by atoms with Gasteiger partial charge in [0.15, 0.2) is 0 Å². The van der Waals surface area contributed by atoms with E-state index < -0.39 is 0 Å². The number of nitrogens with two attached hydrogens (primary N) is 1. The minimum Gasteiger partial charge on any atom is -0.330 e. The lowest BCUT2D eigenvalue weighted by molar-refractivity contribution is 0.139. The zero-order chi connectivity index (χ0) is 13.7. The van der Waals surface area contributed by atoms with Crippen LogP contribution < -0.4 is 5.73 Å². The molecule has 2 nitrogen and oxygen atoms in total. The molecule has 1 aromatic rings. The van der Waals surface area contributed by atoms with Gasteiger partial charge < -0.3 is 5.73 Å². The van der Waals surface area contributed by atoms with Crippen LogP contribution in [0.15, 0.2) is 24.3 Å². The Labute approximate surface area is 118 Å². The largest absolute Gasteiger partial charge is 0.330 e. The predicted molar refractivity (Wildman–Crippen MR) is 82.1 cm³/mol. The maximum atomic E-state index is 6.05. The van der Waals surface area contributed by atoms with Gasteiger partial charge in [0.05, 0.1) is 0 Å². The molecule has 0 atom stereocenters. The van der Waals surface area contributed by atoms with Crippen LogP contribution in [0.25, 0.3) is 0 Å². The molecule has 0 spiro atoms. The lowest BCUT2D eigenvalue weighted by Crippen LogP contribution is -2.41. The Morgan fingerprint density at radius 1 is 1.16 bits per heavy atom. The fourth-order valence-corrected chi connectivity index (χ4v) is 3.20. The summed E-state index contributed by atoms with van der Waals surface area (Å²) in [6.45, 7) is 8.81. The normalized spacial score (nSPS) is 17.0. The highest BCUT2D eigenvalue weighted by molar-refractivity contribution is 5.28. The predicted octanol–water partition coefficient (Wildman–Crippen LogP) is 3.20. The Morgan fingerprint density at radius 3 is 2.47 bits per heavy atom. The molecule has 0 saturated carbocycles. The van der Waals surface area contributed by atoms with Crippen molar-refractivity contribution >= 4 is 0 Å². The van der Waals surface area contributed by atoms with Gasteiger partial charge in [-0.15, -0.1) is 0 Å². The summed E-state index contributed by atoms with van der Waals surface area (Å²) in [5, 5.41) is 0. The van der Waals surface area contributed by atoms with Crippen LogP contribution in [0.3, 0.4) is 0 Å². The third kappa shape index (κ3) is 3.37. The second kappa shape index (κ2) is 6.53. The molecular weight excluding hydrogens is 232 g/mol. The van der Waals surface area contributed by atoms with E-state index in [2.05, 4.69) is 43.0 Å². The molecule has 0 aromatic heterocycles. The minimum absolute atomic E-state index is 0.305. The molecule has 2 N–H and O–H groups in total. The summed E-state index contributed by atoms with van der Waals surface area (Å²) in [6, 6.07) is 8.90. The Morgan fingerprint density at radius 2 is 1.84 bits per heavy atom. The van der Waals surface area contributed by atoms with Crippen LogP contribution in [0.4, 0.5) is 0 Å². The number of nitrogens with zero attached hydrogens (tertiary/aromatic N) is 1. The van der Waals surface area contributed by atoms with Gasteiger partial charge in [0.1, 0.15) is 0 Å². The molecule has 1 aliphatic rings. The Bertz CT molecular complexity index is 388. The first kappa shape index (κ1) is 14.5. The van der Waals surface area contributed by atoms with Gasteiger partial charge in [-0.05, 0) is 55.3 Å². The van der Waals surface area contributed by atoms with Crippen molar-refractivity contribution in [3.63, 3.8) is 0 Å². The average molecular weight is 260 g/mol. The van der Waals surface area contributed by atoms with Gasteiger partial charge in [0, 0.05) is 13.1 Å². The van der Waals surface area contributed by atoms with E-state index in [0.717, 1.165) is 19.6 Å². The number of rotatable bonds is 5. The summed E-state index contributed by atoms with van der Waals surface area (Å²) in [6.07, 6.45) is 4.85. The van der Waals surface area contributed by atoms with Crippen LogP contribution in [-0.4, -0.2) is 24.5 Å². The van der Waals surface area contributed by atoms with Gasteiger partial charge in [0.2, 0.25) is 0 Å². The van der Waals surface area contributed by atoms with Crippen molar-refractivity contribution in [3.05, 3.63) is 35.4 Å². The van der Waals surface area contributed by atoms with Crippen LogP contribution in [0, 0.1) is 5.41 Å². The Kier molecular flexibility index (Phi) is 5.00.